The summed E-state index contributed by atoms with van der Waals surface area (Å²) in [6.07, 6.45) is 0. The molecule has 0 atom stereocenters. The van der Waals surface area contributed by atoms with E-state index in [1.54, 1.807) is 13.8 Å². The first-order chi connectivity index (χ1) is 7.76. The van der Waals surface area contributed by atoms with Crippen LogP contribution in [0.1, 0.15) is 25.0 Å². The molecule has 0 radical (unpaired) electrons. The Labute approximate surface area is 107 Å². The van der Waals surface area contributed by atoms with Gasteiger partial charge in [-0.2, -0.15) is 0 Å². The Morgan fingerprint density at radius 3 is 2.47 bits per heavy atom. The van der Waals surface area contributed by atoms with Crippen LogP contribution in [-0.2, 0) is 4.79 Å². The molecule has 0 fully saturated rings. The summed E-state index contributed by atoms with van der Waals surface area (Å²) in [5, 5.41) is 2.87. The number of carbonyl (C=O) groups excluding carboxylic acids is 1. The fourth-order valence-corrected chi connectivity index (χ4v) is 1.37. The normalized spacial score (nSPS) is 11.1. The Morgan fingerprint density at radius 1 is 1.35 bits per heavy atom. The van der Waals surface area contributed by atoms with E-state index >= 15 is 0 Å². The van der Waals surface area contributed by atoms with Gasteiger partial charge in [-0.15, -0.1) is 0 Å². The van der Waals surface area contributed by atoms with Crippen molar-refractivity contribution in [2.75, 3.05) is 5.32 Å². The van der Waals surface area contributed by atoms with E-state index in [0.29, 0.717) is 0 Å². The summed E-state index contributed by atoms with van der Waals surface area (Å²) < 4.78 is 0. The van der Waals surface area contributed by atoms with E-state index in [0.717, 1.165) is 16.8 Å². The molecule has 1 aromatic rings. The highest BCUT2D eigenvalue weighted by Crippen LogP contribution is 2.22. The number of nitrogens with one attached hydrogen (secondary N) is 1. The van der Waals surface area contributed by atoms with Gasteiger partial charge < -0.3 is 11.1 Å². The van der Waals surface area contributed by atoms with E-state index in [-0.39, 0.29) is 10.9 Å². The largest absolute Gasteiger partial charge is 0.392 e. The van der Waals surface area contributed by atoms with Gasteiger partial charge in [0.2, 0.25) is 5.91 Å². The van der Waals surface area contributed by atoms with Crippen LogP contribution in [0.5, 0.6) is 0 Å². The second-order valence-corrected chi connectivity index (χ2v) is 5.13. The van der Waals surface area contributed by atoms with E-state index < -0.39 is 5.41 Å². The topological polar surface area (TPSA) is 55.1 Å². The van der Waals surface area contributed by atoms with E-state index in [1.807, 2.05) is 32.0 Å². The lowest BCUT2D eigenvalue weighted by atomic mass is 9.92. The van der Waals surface area contributed by atoms with Gasteiger partial charge in [0.05, 0.1) is 10.4 Å². The number of rotatable bonds is 3. The fraction of sp³-hybridized carbons (Fsp3) is 0.385. The first-order valence-corrected chi connectivity index (χ1v) is 5.85. The molecule has 0 heterocycles. The second-order valence-electron chi connectivity index (χ2n) is 4.69. The summed E-state index contributed by atoms with van der Waals surface area (Å²) in [7, 11) is 0. The summed E-state index contributed by atoms with van der Waals surface area (Å²) in [4.78, 5) is 12.3. The molecule has 0 saturated heterocycles. The van der Waals surface area contributed by atoms with Crippen molar-refractivity contribution in [3.8, 4) is 0 Å². The van der Waals surface area contributed by atoms with Gasteiger partial charge in [0, 0.05) is 5.69 Å². The standard InChI is InChI=1S/C13H18N2OS/c1-8-6-5-7-10(9(8)2)15-12(16)13(3,4)11(14)17/h5-7H,1-4H3,(H2,14,17)(H,15,16). The van der Waals surface area contributed by atoms with Gasteiger partial charge in [-0.3, -0.25) is 4.79 Å². The van der Waals surface area contributed by atoms with Crippen LogP contribution < -0.4 is 11.1 Å². The second kappa shape index (κ2) is 4.84. The lowest BCUT2D eigenvalue weighted by Gasteiger charge is -2.22. The predicted molar refractivity (Wildman–Crippen MR) is 75.1 cm³/mol. The minimum absolute atomic E-state index is 0.182. The summed E-state index contributed by atoms with van der Waals surface area (Å²) in [6, 6.07) is 5.78. The van der Waals surface area contributed by atoms with Crippen LogP contribution in [0.3, 0.4) is 0 Å². The molecule has 3 N–H and O–H groups in total. The average Bonchev–Trinajstić information content (AvgIpc) is 2.24. The molecule has 0 aliphatic rings. The highest BCUT2D eigenvalue weighted by Gasteiger charge is 2.31. The van der Waals surface area contributed by atoms with Gasteiger partial charge in [0.1, 0.15) is 0 Å². The van der Waals surface area contributed by atoms with E-state index in [4.69, 9.17) is 18.0 Å². The fourth-order valence-electron chi connectivity index (χ4n) is 1.28. The molecule has 1 rings (SSSR count). The molecule has 0 bridgehead atoms. The van der Waals surface area contributed by atoms with Crippen LogP contribution in [0, 0.1) is 19.3 Å². The van der Waals surface area contributed by atoms with Gasteiger partial charge in [-0.05, 0) is 44.9 Å². The smallest absolute Gasteiger partial charge is 0.236 e. The van der Waals surface area contributed by atoms with Crippen LogP contribution in [0.4, 0.5) is 5.69 Å². The van der Waals surface area contributed by atoms with E-state index in [2.05, 4.69) is 5.32 Å². The monoisotopic (exact) mass is 250 g/mol. The summed E-state index contributed by atoms with van der Waals surface area (Å²) in [6.45, 7) is 7.41. The zero-order valence-corrected chi connectivity index (χ0v) is 11.4. The lowest BCUT2D eigenvalue weighted by molar-refractivity contribution is -0.121. The molecule has 0 aromatic heterocycles. The minimum atomic E-state index is -0.842. The summed E-state index contributed by atoms with van der Waals surface area (Å²) in [5.41, 5.74) is 7.72. The van der Waals surface area contributed by atoms with Crippen molar-refractivity contribution in [1.82, 2.24) is 0 Å². The number of hydrogen-bond acceptors (Lipinski definition) is 2. The zero-order valence-electron chi connectivity index (χ0n) is 10.6. The Bertz CT molecular complexity index is 466. The molecule has 0 unspecified atom stereocenters. The molecular formula is C13H18N2OS. The third-order valence-corrected chi connectivity index (χ3v) is 3.55. The number of aryl methyl sites for hydroxylation is 1. The van der Waals surface area contributed by atoms with E-state index in [9.17, 15) is 4.79 Å². The molecule has 0 spiro atoms. The number of amides is 1. The Hall–Kier alpha value is -1.42. The molecule has 1 aromatic carbocycles. The maximum Gasteiger partial charge on any atom is 0.236 e. The quantitative estimate of drug-likeness (QED) is 0.811. The third kappa shape index (κ3) is 2.82. The van der Waals surface area contributed by atoms with Crippen LogP contribution in [0.2, 0.25) is 0 Å². The van der Waals surface area contributed by atoms with Crippen LogP contribution in [0.25, 0.3) is 0 Å². The maximum absolute atomic E-state index is 12.1. The number of benzene rings is 1. The van der Waals surface area contributed by atoms with Crippen molar-refractivity contribution in [1.29, 1.82) is 0 Å². The van der Waals surface area contributed by atoms with E-state index in [1.165, 1.54) is 0 Å². The van der Waals surface area contributed by atoms with Crippen LogP contribution in [0.15, 0.2) is 18.2 Å². The first kappa shape index (κ1) is 13.6. The Morgan fingerprint density at radius 2 is 1.94 bits per heavy atom. The van der Waals surface area contributed by atoms with Crippen molar-refractivity contribution >= 4 is 28.8 Å². The number of hydrogen-bond donors (Lipinski definition) is 2. The Balaban J connectivity index is 2.97. The van der Waals surface area contributed by atoms with Gasteiger partial charge in [0.15, 0.2) is 0 Å². The number of thiocarbonyl (C=S) groups is 1. The number of carbonyl (C=O) groups is 1. The predicted octanol–water partition coefficient (Wildman–Crippen LogP) is 2.55. The highest BCUT2D eigenvalue weighted by atomic mass is 32.1. The van der Waals surface area contributed by atoms with Crippen molar-refractivity contribution in [3.05, 3.63) is 29.3 Å². The molecule has 3 nitrogen and oxygen atoms in total. The van der Waals surface area contributed by atoms with Crippen molar-refractivity contribution in [3.63, 3.8) is 0 Å². The highest BCUT2D eigenvalue weighted by molar-refractivity contribution is 7.80. The van der Waals surface area contributed by atoms with Gasteiger partial charge in [-0.25, -0.2) is 0 Å². The Kier molecular flexibility index (Phi) is 3.88. The van der Waals surface area contributed by atoms with Crippen molar-refractivity contribution < 1.29 is 4.79 Å². The molecule has 4 heteroatoms. The molecule has 1 amide bonds. The first-order valence-electron chi connectivity index (χ1n) is 5.44. The van der Waals surface area contributed by atoms with Crippen LogP contribution in [-0.4, -0.2) is 10.9 Å². The number of anilines is 1. The SMILES string of the molecule is Cc1cccc(NC(=O)C(C)(C)C(N)=S)c1C. The zero-order chi connectivity index (χ0) is 13.2. The minimum Gasteiger partial charge on any atom is -0.392 e. The third-order valence-electron chi connectivity index (χ3n) is 3.04. The molecule has 17 heavy (non-hydrogen) atoms. The molecular weight excluding hydrogens is 232 g/mol. The van der Waals surface area contributed by atoms with Gasteiger partial charge in [0.25, 0.3) is 0 Å². The van der Waals surface area contributed by atoms with Gasteiger partial charge >= 0.3 is 0 Å². The van der Waals surface area contributed by atoms with Crippen LogP contribution >= 0.6 is 12.2 Å². The average molecular weight is 250 g/mol. The van der Waals surface area contributed by atoms with Gasteiger partial charge in [-0.1, -0.05) is 24.4 Å². The van der Waals surface area contributed by atoms with Crippen molar-refractivity contribution in [2.45, 2.75) is 27.7 Å². The number of nitrogens with two attached hydrogens (primary N) is 1. The molecule has 0 aliphatic carbocycles. The lowest BCUT2D eigenvalue weighted by Crippen LogP contribution is -2.41. The summed E-state index contributed by atoms with van der Waals surface area (Å²) in [5.74, 6) is -0.182. The van der Waals surface area contributed by atoms with Crippen molar-refractivity contribution in [2.24, 2.45) is 11.1 Å². The molecule has 0 aliphatic heterocycles. The maximum atomic E-state index is 12.1. The molecule has 92 valence electrons. The summed E-state index contributed by atoms with van der Waals surface area (Å²) >= 11 is 4.90. The molecule has 0 saturated carbocycles.